The first-order chi connectivity index (χ1) is 18.5. The first-order valence-electron chi connectivity index (χ1n) is 14.8. The molecule has 39 heavy (non-hydrogen) atoms. The Morgan fingerprint density at radius 2 is 1.69 bits per heavy atom. The number of carbonyl (C=O) groups excluding carboxylic acids is 2. The summed E-state index contributed by atoms with van der Waals surface area (Å²) in [4.78, 5) is 34.0. The van der Waals surface area contributed by atoms with E-state index in [4.69, 9.17) is 11.6 Å². The fraction of sp³-hybridized carbons (Fsp3) is 0.688. The molecule has 1 aromatic rings. The fourth-order valence-electron chi connectivity index (χ4n) is 4.54. The number of aromatic nitrogens is 1. The summed E-state index contributed by atoms with van der Waals surface area (Å²) in [5.74, 6) is 0.184. The number of halogens is 1. The molecule has 0 aliphatic carbocycles. The zero-order valence-corrected chi connectivity index (χ0v) is 27.4. The predicted octanol–water partition coefficient (Wildman–Crippen LogP) is 7.46. The molecule has 0 bridgehead atoms. The van der Waals surface area contributed by atoms with E-state index in [2.05, 4.69) is 35.6 Å². The largest absolute Gasteiger partial charge is 0.358 e. The van der Waals surface area contributed by atoms with Crippen molar-refractivity contribution in [2.75, 3.05) is 53.4 Å². The molecule has 0 aromatic carbocycles. The third kappa shape index (κ3) is 14.3. The van der Waals surface area contributed by atoms with Crippen LogP contribution in [-0.4, -0.2) is 84.7 Å². The van der Waals surface area contributed by atoms with Gasteiger partial charge >= 0.3 is 0 Å². The highest BCUT2D eigenvalue weighted by Gasteiger charge is 2.26. The van der Waals surface area contributed by atoms with Crippen molar-refractivity contribution in [3.8, 4) is 0 Å². The molecule has 1 aromatic heterocycles. The van der Waals surface area contributed by atoms with Gasteiger partial charge in [0.15, 0.2) is 5.78 Å². The molecule has 1 amide bonds. The van der Waals surface area contributed by atoms with Gasteiger partial charge in [-0.3, -0.25) is 9.59 Å². The van der Waals surface area contributed by atoms with Gasteiger partial charge in [0.2, 0.25) is 5.91 Å². The van der Waals surface area contributed by atoms with Gasteiger partial charge < -0.3 is 19.7 Å². The number of likely N-dealkylation sites (tertiary alicyclic amines) is 1. The van der Waals surface area contributed by atoms with Crippen LogP contribution in [0.2, 0.25) is 0 Å². The number of nitrogens with one attached hydrogen (secondary N) is 1. The number of H-pyrrole nitrogens is 1. The van der Waals surface area contributed by atoms with Gasteiger partial charge in [-0.15, -0.1) is 0 Å². The number of hydrogen-bond donors (Lipinski definition) is 1. The summed E-state index contributed by atoms with van der Waals surface area (Å²) in [6.07, 6.45) is 10.6. The van der Waals surface area contributed by atoms with Gasteiger partial charge in [-0.1, -0.05) is 58.2 Å². The summed E-state index contributed by atoms with van der Waals surface area (Å²) in [6.45, 7) is 22.4. The van der Waals surface area contributed by atoms with E-state index < -0.39 is 0 Å². The Kier molecular flexibility index (Phi) is 19.9. The van der Waals surface area contributed by atoms with E-state index in [-0.39, 0.29) is 11.7 Å². The average Bonchev–Trinajstić information content (AvgIpc) is 3.39. The van der Waals surface area contributed by atoms with Crippen LogP contribution in [0.15, 0.2) is 16.7 Å². The number of allylic oxidation sites excluding steroid dienone is 2. The first kappa shape index (κ1) is 37.1. The monoisotopic (exact) mass is 564 g/mol. The number of carbonyl (C=O) groups is 2. The molecule has 0 radical (unpaired) electrons. The molecule has 2 rings (SSSR count). The minimum absolute atomic E-state index is 0.0592. The van der Waals surface area contributed by atoms with Gasteiger partial charge in [0, 0.05) is 40.6 Å². The summed E-state index contributed by atoms with van der Waals surface area (Å²) in [5.41, 5.74) is 4.25. The second-order valence-electron chi connectivity index (χ2n) is 10.4. The van der Waals surface area contributed by atoms with Crippen LogP contribution in [0.3, 0.4) is 0 Å². The lowest BCUT2D eigenvalue weighted by molar-refractivity contribution is -0.124. The lowest BCUT2D eigenvalue weighted by Crippen LogP contribution is -2.28. The summed E-state index contributed by atoms with van der Waals surface area (Å²) in [7, 11) is 4.08. The average molecular weight is 565 g/mol. The molecule has 0 spiro atoms. The molecule has 0 unspecified atom stereocenters. The second kappa shape index (κ2) is 20.9. The normalized spacial score (nSPS) is 14.6. The van der Waals surface area contributed by atoms with Crippen molar-refractivity contribution in [2.24, 2.45) is 0 Å². The Hall–Kier alpha value is -1.89. The van der Waals surface area contributed by atoms with Crippen molar-refractivity contribution >= 4 is 29.4 Å². The minimum Gasteiger partial charge on any atom is -0.358 e. The summed E-state index contributed by atoms with van der Waals surface area (Å²) in [6, 6.07) is 0. The molecule has 7 heteroatoms. The standard InChI is InChI=1S/C18H27N3O2.C9H21N.C5H9Cl/c1-12-16(19-13(2)17(12)14(3)22)11-15-7-10-21(18(15)23)9-6-8-20(4)5;1-4-7-8-9-10(5-2)6-3;1-3-5(6)4-2/h11,19H,6-10H2,1-5H3;4-9H2,1-3H3;3H,4H2,1-2H3/b15-11-;;5-3+. The van der Waals surface area contributed by atoms with E-state index in [1.54, 1.807) is 6.92 Å². The van der Waals surface area contributed by atoms with Gasteiger partial charge in [-0.05, 0) is 105 Å². The van der Waals surface area contributed by atoms with E-state index in [9.17, 15) is 9.59 Å². The van der Waals surface area contributed by atoms with Crippen LogP contribution < -0.4 is 0 Å². The number of nitrogens with zero attached hydrogens (tertiary/aromatic N) is 3. The third-order valence-corrected chi connectivity index (χ3v) is 7.50. The van der Waals surface area contributed by atoms with Crippen molar-refractivity contribution in [1.82, 2.24) is 19.7 Å². The zero-order valence-electron chi connectivity index (χ0n) is 26.7. The summed E-state index contributed by atoms with van der Waals surface area (Å²) in [5, 5.41) is 0.940. The van der Waals surface area contributed by atoms with Gasteiger partial charge in [0.25, 0.3) is 0 Å². The van der Waals surface area contributed by atoms with E-state index in [0.717, 1.165) is 72.0 Å². The van der Waals surface area contributed by atoms with Crippen LogP contribution in [0.4, 0.5) is 0 Å². The Bertz CT molecular complexity index is 914. The van der Waals surface area contributed by atoms with Crippen molar-refractivity contribution in [3.05, 3.63) is 39.2 Å². The SMILES string of the molecule is C/C=C(/Cl)CC.CC(=O)c1c(C)[nH]c(/C=C2/CCN(CCCN(C)C)C2=O)c1C.CCCCCN(CC)CC. The highest BCUT2D eigenvalue weighted by Crippen LogP contribution is 2.25. The third-order valence-electron chi connectivity index (χ3n) is 7.02. The molecule has 1 N–H and O–H groups in total. The number of ketones is 1. The lowest BCUT2D eigenvalue weighted by atomic mass is 10.1. The molecule has 1 aliphatic rings. The number of aryl methyl sites for hydroxylation is 1. The number of rotatable bonds is 13. The van der Waals surface area contributed by atoms with E-state index in [1.807, 2.05) is 58.8 Å². The van der Waals surface area contributed by atoms with Gasteiger partial charge in [-0.25, -0.2) is 0 Å². The molecule has 224 valence electrons. The van der Waals surface area contributed by atoms with E-state index >= 15 is 0 Å². The van der Waals surface area contributed by atoms with Crippen molar-refractivity contribution < 1.29 is 9.59 Å². The van der Waals surface area contributed by atoms with Crippen LogP contribution in [0, 0.1) is 13.8 Å². The van der Waals surface area contributed by atoms with Crippen LogP contribution in [0.5, 0.6) is 0 Å². The smallest absolute Gasteiger partial charge is 0.249 e. The Morgan fingerprint density at radius 1 is 1.05 bits per heavy atom. The maximum atomic E-state index is 12.5. The van der Waals surface area contributed by atoms with Crippen LogP contribution in [0.25, 0.3) is 6.08 Å². The predicted molar refractivity (Wildman–Crippen MR) is 170 cm³/mol. The van der Waals surface area contributed by atoms with Crippen LogP contribution >= 0.6 is 11.6 Å². The van der Waals surface area contributed by atoms with E-state index in [0.29, 0.717) is 0 Å². The van der Waals surface area contributed by atoms with Crippen molar-refractivity contribution in [1.29, 1.82) is 0 Å². The Morgan fingerprint density at radius 3 is 2.13 bits per heavy atom. The lowest BCUT2D eigenvalue weighted by Gasteiger charge is -2.16. The highest BCUT2D eigenvalue weighted by molar-refractivity contribution is 6.29. The van der Waals surface area contributed by atoms with Crippen LogP contribution in [0.1, 0.15) is 107 Å². The van der Waals surface area contributed by atoms with Gasteiger partial charge in [-0.2, -0.15) is 0 Å². The van der Waals surface area contributed by atoms with Crippen LogP contribution in [-0.2, 0) is 4.79 Å². The zero-order chi connectivity index (χ0) is 30.0. The quantitative estimate of drug-likeness (QED) is 0.153. The molecular formula is C32H57ClN4O2. The summed E-state index contributed by atoms with van der Waals surface area (Å²) >= 11 is 5.51. The first-order valence-corrected chi connectivity index (χ1v) is 15.2. The number of unbranched alkanes of at least 4 members (excludes halogenated alkanes) is 2. The van der Waals surface area contributed by atoms with E-state index in [1.165, 1.54) is 38.9 Å². The second-order valence-corrected chi connectivity index (χ2v) is 10.9. The number of Topliss-reactive ketones (excluding diaryl/α,β-unsaturated/α-hetero) is 1. The maximum Gasteiger partial charge on any atom is 0.249 e. The summed E-state index contributed by atoms with van der Waals surface area (Å²) < 4.78 is 0. The van der Waals surface area contributed by atoms with Crippen molar-refractivity contribution in [3.63, 3.8) is 0 Å². The molecule has 1 fully saturated rings. The molecule has 0 atom stereocenters. The van der Waals surface area contributed by atoms with Gasteiger partial charge in [0.1, 0.15) is 0 Å². The minimum atomic E-state index is 0.0592. The number of aromatic amines is 1. The molecule has 6 nitrogen and oxygen atoms in total. The molecule has 1 saturated heterocycles. The van der Waals surface area contributed by atoms with Gasteiger partial charge in [0.05, 0.1) is 0 Å². The Balaban J connectivity index is 0.000000746. The molecular weight excluding hydrogens is 508 g/mol. The molecule has 2 heterocycles. The molecule has 0 saturated carbocycles. The topological polar surface area (TPSA) is 59.7 Å². The molecule has 1 aliphatic heterocycles. The maximum absolute atomic E-state index is 12.5. The fourth-order valence-corrected chi connectivity index (χ4v) is 4.54. The Labute approximate surface area is 244 Å². The van der Waals surface area contributed by atoms with Crippen molar-refractivity contribution in [2.45, 2.75) is 93.9 Å². The number of amides is 1. The number of hydrogen-bond acceptors (Lipinski definition) is 4. The highest BCUT2D eigenvalue weighted by atomic mass is 35.5.